The normalized spacial score (nSPS) is 15.5. The third-order valence-corrected chi connectivity index (χ3v) is 4.26. The molecule has 1 saturated heterocycles. The summed E-state index contributed by atoms with van der Waals surface area (Å²) in [4.78, 5) is 29.7. The maximum atomic E-state index is 13.7. The van der Waals surface area contributed by atoms with Gasteiger partial charge >= 0.3 is 0 Å². The van der Waals surface area contributed by atoms with Gasteiger partial charge in [0.25, 0.3) is 0 Å². The highest BCUT2D eigenvalue weighted by atomic mass is 19.1. The number of hydrogen-bond acceptors (Lipinski definition) is 3. The molecule has 23 heavy (non-hydrogen) atoms. The summed E-state index contributed by atoms with van der Waals surface area (Å²) in [6.07, 6.45) is 0. The molecule has 1 heterocycles. The number of hydrogen-bond donors (Lipinski definition) is 0. The zero-order chi connectivity index (χ0) is 16.8. The molecule has 2 rings (SSSR count). The Morgan fingerprint density at radius 1 is 1.17 bits per heavy atom. The van der Waals surface area contributed by atoms with Crippen LogP contribution in [-0.4, -0.2) is 65.8 Å². The summed E-state index contributed by atoms with van der Waals surface area (Å²) in [5, 5.41) is 0. The third kappa shape index (κ3) is 4.76. The van der Waals surface area contributed by atoms with Crippen LogP contribution in [0, 0.1) is 5.82 Å². The molecule has 0 unspecified atom stereocenters. The molecule has 5 nitrogen and oxygen atoms in total. The van der Waals surface area contributed by atoms with Crippen LogP contribution in [0.15, 0.2) is 24.3 Å². The lowest BCUT2D eigenvalue weighted by Crippen LogP contribution is -2.51. The lowest BCUT2D eigenvalue weighted by Gasteiger charge is -2.35. The SMILES string of the molecule is CCN1CCN(C(=O)CN(Cc2ccccc2F)C(C)=O)CC1. The predicted octanol–water partition coefficient (Wildman–Crippen LogP) is 1.34. The molecule has 0 aromatic heterocycles. The lowest BCUT2D eigenvalue weighted by molar-refractivity contribution is -0.141. The van der Waals surface area contributed by atoms with Crippen LogP contribution >= 0.6 is 0 Å². The van der Waals surface area contributed by atoms with Crippen molar-refractivity contribution >= 4 is 11.8 Å². The van der Waals surface area contributed by atoms with E-state index in [0.717, 1.165) is 19.6 Å². The minimum atomic E-state index is -0.359. The van der Waals surface area contributed by atoms with E-state index in [2.05, 4.69) is 11.8 Å². The van der Waals surface area contributed by atoms with E-state index < -0.39 is 0 Å². The molecular weight excluding hydrogens is 297 g/mol. The topological polar surface area (TPSA) is 43.9 Å². The number of carbonyl (C=O) groups is 2. The zero-order valence-corrected chi connectivity index (χ0v) is 13.8. The summed E-state index contributed by atoms with van der Waals surface area (Å²) >= 11 is 0. The van der Waals surface area contributed by atoms with Gasteiger partial charge in [-0.25, -0.2) is 4.39 Å². The molecule has 1 aromatic rings. The van der Waals surface area contributed by atoms with Crippen LogP contribution < -0.4 is 0 Å². The van der Waals surface area contributed by atoms with E-state index >= 15 is 0 Å². The lowest BCUT2D eigenvalue weighted by atomic mass is 10.2. The molecule has 126 valence electrons. The molecule has 0 atom stereocenters. The fraction of sp³-hybridized carbons (Fsp3) is 0.529. The van der Waals surface area contributed by atoms with Crippen LogP contribution in [0.1, 0.15) is 19.4 Å². The van der Waals surface area contributed by atoms with Crippen molar-refractivity contribution < 1.29 is 14.0 Å². The molecule has 0 saturated carbocycles. The second-order valence-corrected chi connectivity index (χ2v) is 5.78. The number of halogens is 1. The van der Waals surface area contributed by atoms with Gasteiger partial charge in [0.05, 0.1) is 0 Å². The van der Waals surface area contributed by atoms with E-state index in [4.69, 9.17) is 0 Å². The van der Waals surface area contributed by atoms with Gasteiger partial charge in [-0.3, -0.25) is 9.59 Å². The first-order chi connectivity index (χ1) is 11.0. The molecule has 0 radical (unpaired) electrons. The average Bonchev–Trinajstić information content (AvgIpc) is 2.56. The van der Waals surface area contributed by atoms with Gasteiger partial charge in [0.2, 0.25) is 11.8 Å². The van der Waals surface area contributed by atoms with Crippen LogP contribution in [0.25, 0.3) is 0 Å². The Bertz CT molecular complexity index is 557. The van der Waals surface area contributed by atoms with Gasteiger partial charge in [-0.15, -0.1) is 0 Å². The quantitative estimate of drug-likeness (QED) is 0.822. The zero-order valence-electron chi connectivity index (χ0n) is 13.8. The molecule has 0 aliphatic carbocycles. The highest BCUT2D eigenvalue weighted by Crippen LogP contribution is 2.11. The Morgan fingerprint density at radius 2 is 1.83 bits per heavy atom. The molecule has 1 fully saturated rings. The molecule has 0 N–H and O–H groups in total. The van der Waals surface area contributed by atoms with Gasteiger partial charge in [-0.2, -0.15) is 0 Å². The van der Waals surface area contributed by atoms with Crippen LogP contribution in [0.2, 0.25) is 0 Å². The average molecular weight is 321 g/mol. The van der Waals surface area contributed by atoms with E-state index in [1.165, 1.54) is 17.9 Å². The number of amides is 2. The summed E-state index contributed by atoms with van der Waals surface area (Å²) in [5.74, 6) is -0.663. The molecule has 1 aliphatic rings. The second kappa shape index (κ2) is 8.06. The monoisotopic (exact) mass is 321 g/mol. The van der Waals surface area contributed by atoms with E-state index in [1.807, 2.05) is 0 Å². The van der Waals surface area contributed by atoms with Crippen molar-refractivity contribution in [3.05, 3.63) is 35.6 Å². The van der Waals surface area contributed by atoms with E-state index in [0.29, 0.717) is 18.7 Å². The highest BCUT2D eigenvalue weighted by molar-refractivity contribution is 5.83. The van der Waals surface area contributed by atoms with Crippen molar-refractivity contribution in [1.29, 1.82) is 0 Å². The molecule has 0 bridgehead atoms. The van der Waals surface area contributed by atoms with Crippen molar-refractivity contribution in [1.82, 2.24) is 14.7 Å². The second-order valence-electron chi connectivity index (χ2n) is 5.78. The number of nitrogens with zero attached hydrogens (tertiary/aromatic N) is 3. The minimum Gasteiger partial charge on any atom is -0.339 e. The van der Waals surface area contributed by atoms with Crippen LogP contribution in [0.4, 0.5) is 4.39 Å². The Hall–Kier alpha value is -1.95. The highest BCUT2D eigenvalue weighted by Gasteiger charge is 2.23. The van der Waals surface area contributed by atoms with Crippen molar-refractivity contribution in [2.45, 2.75) is 20.4 Å². The van der Waals surface area contributed by atoms with Gasteiger partial charge in [-0.1, -0.05) is 25.1 Å². The molecule has 0 spiro atoms. The molecule has 1 aliphatic heterocycles. The van der Waals surface area contributed by atoms with Crippen LogP contribution in [-0.2, 0) is 16.1 Å². The first kappa shape index (κ1) is 17.4. The van der Waals surface area contributed by atoms with Gasteiger partial charge in [0, 0.05) is 45.2 Å². The fourth-order valence-corrected chi connectivity index (χ4v) is 2.69. The van der Waals surface area contributed by atoms with E-state index in [9.17, 15) is 14.0 Å². The number of rotatable bonds is 5. The minimum absolute atomic E-state index is 0.00417. The number of likely N-dealkylation sites (N-methyl/N-ethyl adjacent to an activating group) is 1. The van der Waals surface area contributed by atoms with Crippen molar-refractivity contribution in [3.63, 3.8) is 0 Å². The Kier molecular flexibility index (Phi) is 6.10. The van der Waals surface area contributed by atoms with E-state index in [1.54, 1.807) is 23.1 Å². The van der Waals surface area contributed by atoms with E-state index in [-0.39, 0.29) is 30.7 Å². The molecular formula is C17H24FN3O2. The standard InChI is InChI=1S/C17H24FN3O2/c1-3-19-8-10-20(11-9-19)17(23)13-21(14(2)22)12-15-6-4-5-7-16(15)18/h4-7H,3,8-13H2,1-2H3. The van der Waals surface area contributed by atoms with Crippen molar-refractivity contribution in [2.24, 2.45) is 0 Å². The molecule has 1 aromatic carbocycles. The third-order valence-electron chi connectivity index (χ3n) is 4.26. The van der Waals surface area contributed by atoms with Gasteiger partial charge < -0.3 is 14.7 Å². The number of carbonyl (C=O) groups excluding carboxylic acids is 2. The first-order valence-electron chi connectivity index (χ1n) is 8.00. The molecule has 2 amide bonds. The summed E-state index contributed by atoms with van der Waals surface area (Å²) in [5.41, 5.74) is 0.423. The van der Waals surface area contributed by atoms with Crippen LogP contribution in [0.3, 0.4) is 0 Å². The molecule has 6 heteroatoms. The maximum absolute atomic E-state index is 13.7. The summed E-state index contributed by atoms with van der Waals surface area (Å²) in [7, 11) is 0. The largest absolute Gasteiger partial charge is 0.339 e. The van der Waals surface area contributed by atoms with Crippen molar-refractivity contribution in [3.8, 4) is 0 Å². The summed E-state index contributed by atoms with van der Waals surface area (Å²) < 4.78 is 13.7. The number of benzene rings is 1. The summed E-state index contributed by atoms with van der Waals surface area (Å²) in [6.45, 7) is 7.67. The summed E-state index contributed by atoms with van der Waals surface area (Å²) in [6, 6.07) is 6.33. The Labute approximate surface area is 136 Å². The maximum Gasteiger partial charge on any atom is 0.242 e. The van der Waals surface area contributed by atoms with Gasteiger partial charge in [-0.05, 0) is 12.6 Å². The van der Waals surface area contributed by atoms with Gasteiger partial charge in [0.15, 0.2) is 0 Å². The Morgan fingerprint density at radius 3 is 2.39 bits per heavy atom. The van der Waals surface area contributed by atoms with Gasteiger partial charge in [0.1, 0.15) is 12.4 Å². The van der Waals surface area contributed by atoms with Crippen molar-refractivity contribution in [2.75, 3.05) is 39.3 Å². The smallest absolute Gasteiger partial charge is 0.242 e. The Balaban J connectivity index is 1.96. The number of piperazine rings is 1. The van der Waals surface area contributed by atoms with Crippen LogP contribution in [0.5, 0.6) is 0 Å². The predicted molar refractivity (Wildman–Crippen MR) is 86.2 cm³/mol. The first-order valence-corrected chi connectivity index (χ1v) is 8.00. The fourth-order valence-electron chi connectivity index (χ4n) is 2.69.